The number of amidine groups is 2. The van der Waals surface area contributed by atoms with Crippen LogP contribution in [0.25, 0.3) is 0 Å². The number of amides is 1. The number of benzene rings is 2. The molecule has 8 heteroatoms. The van der Waals surface area contributed by atoms with E-state index in [4.69, 9.17) is 0 Å². The standard InChI is InChI=1S/C26H30N4O4/c1-4-22-27-24(25(32)30(22)19-12-11-15(2)16(3)13-19)29-28-21-10-6-9-20(23(21)31)17-7-5-8-18(14-17)26(33)34/h6,9-13,17-18,28,31H,4-5,7-8,14H2,1-3H3,(H,33,34)/b29-24+. The van der Waals surface area contributed by atoms with Crippen molar-refractivity contribution < 1.29 is 19.8 Å². The predicted molar refractivity (Wildman–Crippen MR) is 133 cm³/mol. The number of hydrogen-bond acceptors (Lipinski definition) is 5. The minimum absolute atomic E-state index is 0.0171. The van der Waals surface area contributed by atoms with Gasteiger partial charge in [0.2, 0.25) is 5.84 Å². The third-order valence-corrected chi connectivity index (χ3v) is 6.77. The van der Waals surface area contributed by atoms with E-state index in [1.165, 1.54) is 0 Å². The highest BCUT2D eigenvalue weighted by Gasteiger charge is 2.33. The number of aliphatic carboxylic acids is 1. The molecule has 4 rings (SSSR count). The average Bonchev–Trinajstić information content (AvgIpc) is 3.15. The normalized spacial score (nSPS) is 21.6. The van der Waals surface area contributed by atoms with E-state index < -0.39 is 11.9 Å². The number of carboxylic acid groups (broad SMARTS) is 1. The smallest absolute Gasteiger partial charge is 0.306 e. The van der Waals surface area contributed by atoms with Crippen LogP contribution in [0.1, 0.15) is 61.6 Å². The van der Waals surface area contributed by atoms with Crippen molar-refractivity contribution >= 4 is 34.9 Å². The zero-order valence-corrected chi connectivity index (χ0v) is 19.7. The highest BCUT2D eigenvalue weighted by molar-refractivity contribution is 6.54. The summed E-state index contributed by atoms with van der Waals surface area (Å²) in [5, 5.41) is 24.5. The number of para-hydroxylation sites is 1. The van der Waals surface area contributed by atoms with Crippen molar-refractivity contribution in [2.75, 3.05) is 10.3 Å². The molecule has 1 heterocycles. The molecule has 1 fully saturated rings. The first-order chi connectivity index (χ1) is 16.3. The largest absolute Gasteiger partial charge is 0.505 e. The van der Waals surface area contributed by atoms with Gasteiger partial charge in [-0.2, -0.15) is 0 Å². The molecule has 2 aromatic carbocycles. The van der Waals surface area contributed by atoms with Crippen LogP contribution in [0.15, 0.2) is 46.5 Å². The van der Waals surface area contributed by atoms with Gasteiger partial charge in [0.05, 0.1) is 17.3 Å². The highest BCUT2D eigenvalue weighted by Crippen LogP contribution is 2.42. The Hall–Kier alpha value is -3.68. The molecule has 2 unspecified atom stereocenters. The molecule has 1 aliphatic carbocycles. The fourth-order valence-electron chi connectivity index (χ4n) is 4.67. The number of aryl methyl sites for hydroxylation is 2. The summed E-state index contributed by atoms with van der Waals surface area (Å²) in [6.45, 7) is 5.95. The van der Waals surface area contributed by atoms with Crippen LogP contribution in [0.4, 0.5) is 11.4 Å². The number of carboxylic acids is 1. The van der Waals surface area contributed by atoms with Crippen LogP contribution in [0.3, 0.4) is 0 Å². The molecule has 8 nitrogen and oxygen atoms in total. The van der Waals surface area contributed by atoms with Crippen molar-refractivity contribution in [1.82, 2.24) is 0 Å². The van der Waals surface area contributed by atoms with Gasteiger partial charge >= 0.3 is 11.9 Å². The van der Waals surface area contributed by atoms with Gasteiger partial charge in [0, 0.05) is 6.42 Å². The molecule has 3 N–H and O–H groups in total. The van der Waals surface area contributed by atoms with Crippen molar-refractivity contribution in [3.8, 4) is 5.75 Å². The first kappa shape index (κ1) is 23.5. The molecule has 0 saturated heterocycles. The first-order valence-electron chi connectivity index (χ1n) is 11.7. The molecule has 0 spiro atoms. The van der Waals surface area contributed by atoms with Crippen LogP contribution in [0, 0.1) is 19.8 Å². The summed E-state index contributed by atoms with van der Waals surface area (Å²) in [6.07, 6.45) is 3.34. The summed E-state index contributed by atoms with van der Waals surface area (Å²) in [4.78, 5) is 30.5. The molecular weight excluding hydrogens is 432 g/mol. The molecule has 2 aliphatic rings. The number of aromatic hydroxyl groups is 1. The average molecular weight is 463 g/mol. The zero-order chi connectivity index (χ0) is 24.4. The second-order valence-electron chi connectivity index (χ2n) is 8.98. The second-order valence-corrected chi connectivity index (χ2v) is 8.98. The van der Waals surface area contributed by atoms with Gasteiger partial charge in [0.25, 0.3) is 0 Å². The number of phenols is 1. The van der Waals surface area contributed by atoms with Crippen molar-refractivity contribution in [3.05, 3.63) is 53.1 Å². The maximum absolute atomic E-state index is 13.1. The number of hydrazone groups is 1. The summed E-state index contributed by atoms with van der Waals surface area (Å²) in [6, 6.07) is 11.1. The minimum atomic E-state index is -0.789. The van der Waals surface area contributed by atoms with Gasteiger partial charge in [-0.25, -0.2) is 4.99 Å². The third kappa shape index (κ3) is 4.53. The van der Waals surface area contributed by atoms with Crippen LogP contribution < -0.4 is 10.3 Å². The number of carbonyl (C=O) groups excluding carboxylic acids is 1. The summed E-state index contributed by atoms with van der Waals surface area (Å²) in [5.41, 5.74) is 6.82. The molecule has 178 valence electrons. The first-order valence-corrected chi connectivity index (χ1v) is 11.7. The topological polar surface area (TPSA) is 115 Å². The van der Waals surface area contributed by atoms with Gasteiger partial charge in [0.1, 0.15) is 11.6 Å². The lowest BCUT2D eigenvalue weighted by Gasteiger charge is -2.27. The lowest BCUT2D eigenvalue weighted by molar-refractivity contribution is -0.143. The third-order valence-electron chi connectivity index (χ3n) is 6.77. The van der Waals surface area contributed by atoms with Crippen LogP contribution in [-0.4, -0.2) is 33.8 Å². The van der Waals surface area contributed by atoms with Crippen LogP contribution in [0.5, 0.6) is 5.75 Å². The van der Waals surface area contributed by atoms with E-state index in [1.54, 1.807) is 17.0 Å². The Morgan fingerprint density at radius 3 is 2.71 bits per heavy atom. The lowest BCUT2D eigenvalue weighted by Crippen LogP contribution is -2.33. The number of aliphatic imine (C=N–C) groups is 1. The number of rotatable bonds is 6. The monoisotopic (exact) mass is 462 g/mol. The molecule has 1 aliphatic heterocycles. The van der Waals surface area contributed by atoms with Crippen LogP contribution in [0.2, 0.25) is 0 Å². The van der Waals surface area contributed by atoms with E-state index in [1.807, 2.05) is 45.0 Å². The predicted octanol–water partition coefficient (Wildman–Crippen LogP) is 4.95. The summed E-state index contributed by atoms with van der Waals surface area (Å²) >= 11 is 0. The van der Waals surface area contributed by atoms with E-state index in [9.17, 15) is 19.8 Å². The van der Waals surface area contributed by atoms with Crippen molar-refractivity contribution in [1.29, 1.82) is 0 Å². The fourth-order valence-corrected chi connectivity index (χ4v) is 4.67. The molecule has 0 radical (unpaired) electrons. The quantitative estimate of drug-likeness (QED) is 0.415. The maximum atomic E-state index is 13.1. The lowest BCUT2D eigenvalue weighted by atomic mass is 9.77. The fraction of sp³-hybridized carbons (Fsp3) is 0.385. The Labute approximate surface area is 199 Å². The number of hydrogen-bond donors (Lipinski definition) is 3. The van der Waals surface area contributed by atoms with Gasteiger partial charge in [-0.15, -0.1) is 5.10 Å². The maximum Gasteiger partial charge on any atom is 0.306 e. The van der Waals surface area contributed by atoms with Crippen molar-refractivity contribution in [3.63, 3.8) is 0 Å². The molecule has 0 aromatic heterocycles. The van der Waals surface area contributed by atoms with Gasteiger partial charge in [-0.05, 0) is 73.9 Å². The SMILES string of the molecule is CCC1=N/C(=N/Nc2cccc(C3CCCC(C(=O)O)C3)c2O)C(=O)N1c1ccc(C)c(C)c1. The molecule has 2 atom stereocenters. The molecule has 1 saturated carbocycles. The molecule has 34 heavy (non-hydrogen) atoms. The van der Waals surface area contributed by atoms with Gasteiger partial charge < -0.3 is 10.2 Å². The van der Waals surface area contributed by atoms with E-state index in [0.29, 0.717) is 36.3 Å². The number of nitrogens with zero attached hydrogens (tertiary/aromatic N) is 3. The Morgan fingerprint density at radius 1 is 1.21 bits per heavy atom. The van der Waals surface area contributed by atoms with Crippen molar-refractivity contribution in [2.45, 2.75) is 58.8 Å². The van der Waals surface area contributed by atoms with Gasteiger partial charge in [-0.1, -0.05) is 31.5 Å². The minimum Gasteiger partial charge on any atom is -0.505 e. The van der Waals surface area contributed by atoms with Crippen LogP contribution in [-0.2, 0) is 9.59 Å². The zero-order valence-electron chi connectivity index (χ0n) is 19.7. The van der Waals surface area contributed by atoms with E-state index in [-0.39, 0.29) is 23.4 Å². The summed E-state index contributed by atoms with van der Waals surface area (Å²) < 4.78 is 0. The molecular formula is C26H30N4O4. The molecule has 2 aromatic rings. The van der Waals surface area contributed by atoms with Gasteiger partial charge in [0.15, 0.2) is 0 Å². The second kappa shape index (κ2) is 9.67. The van der Waals surface area contributed by atoms with E-state index in [0.717, 1.165) is 29.7 Å². The summed E-state index contributed by atoms with van der Waals surface area (Å²) in [7, 11) is 0. The van der Waals surface area contributed by atoms with E-state index in [2.05, 4.69) is 15.5 Å². The highest BCUT2D eigenvalue weighted by atomic mass is 16.4. The molecule has 1 amide bonds. The van der Waals surface area contributed by atoms with Crippen LogP contribution >= 0.6 is 0 Å². The Kier molecular flexibility index (Phi) is 6.68. The van der Waals surface area contributed by atoms with E-state index >= 15 is 0 Å². The number of carbonyl (C=O) groups is 2. The Balaban J connectivity index is 1.56. The Morgan fingerprint density at radius 2 is 2.00 bits per heavy atom. The molecule has 0 bridgehead atoms. The van der Waals surface area contributed by atoms with Crippen molar-refractivity contribution in [2.24, 2.45) is 16.0 Å². The number of nitrogens with one attached hydrogen (secondary N) is 1. The number of anilines is 2. The Bertz CT molecular complexity index is 1190. The van der Waals surface area contributed by atoms with Gasteiger partial charge in [-0.3, -0.25) is 19.9 Å². The summed E-state index contributed by atoms with van der Waals surface area (Å²) in [5.74, 6) is -0.912. The number of phenolic OH excluding ortho intramolecular Hbond substituents is 1.